The van der Waals surface area contributed by atoms with Gasteiger partial charge >= 0.3 is 12.0 Å². The van der Waals surface area contributed by atoms with E-state index in [4.69, 9.17) is 4.74 Å². The molecule has 1 atom stereocenters. The molecule has 1 saturated carbocycles. The van der Waals surface area contributed by atoms with Crippen molar-refractivity contribution in [3.05, 3.63) is 35.4 Å². The Morgan fingerprint density at radius 1 is 1.12 bits per heavy atom. The van der Waals surface area contributed by atoms with Crippen molar-refractivity contribution in [1.29, 1.82) is 0 Å². The number of carbonyl (C=O) groups excluding carboxylic acids is 3. The summed E-state index contributed by atoms with van der Waals surface area (Å²) in [4.78, 5) is 35.7. The summed E-state index contributed by atoms with van der Waals surface area (Å²) in [6.07, 6.45) is 4.30. The minimum absolute atomic E-state index is 0.0895. The highest BCUT2D eigenvalue weighted by atomic mass is 16.5. The molecule has 0 heterocycles. The van der Waals surface area contributed by atoms with Crippen LogP contribution in [0.15, 0.2) is 24.3 Å². The Bertz CT molecular complexity index is 606. The standard InChI is InChI=1S/C19H26N2O4/c1-13-8-10-15(11-9-13)12-17(22)25-14(2)18(23)21-19(24)20-16-6-4-3-5-7-16/h8-11,14,16H,3-7,12H2,1-2H3,(H2,20,21,23,24)/t14-/m1/s1. The molecule has 0 spiro atoms. The summed E-state index contributed by atoms with van der Waals surface area (Å²) in [5, 5.41) is 5.03. The molecule has 1 aliphatic carbocycles. The molecular formula is C19H26N2O4. The van der Waals surface area contributed by atoms with Gasteiger partial charge in [0.2, 0.25) is 0 Å². The van der Waals surface area contributed by atoms with Gasteiger partial charge in [0.15, 0.2) is 6.10 Å². The Balaban J connectivity index is 1.73. The lowest BCUT2D eigenvalue weighted by atomic mass is 9.96. The Hall–Kier alpha value is -2.37. The Morgan fingerprint density at radius 2 is 1.76 bits per heavy atom. The fourth-order valence-electron chi connectivity index (χ4n) is 2.85. The maximum atomic E-state index is 12.0. The van der Waals surface area contributed by atoms with E-state index in [1.54, 1.807) is 0 Å². The van der Waals surface area contributed by atoms with Crippen molar-refractivity contribution in [2.24, 2.45) is 0 Å². The van der Waals surface area contributed by atoms with E-state index >= 15 is 0 Å². The first kappa shape index (κ1) is 19.0. The number of hydrogen-bond donors (Lipinski definition) is 2. The highest BCUT2D eigenvalue weighted by molar-refractivity contribution is 5.97. The van der Waals surface area contributed by atoms with Gasteiger partial charge in [0, 0.05) is 6.04 Å². The van der Waals surface area contributed by atoms with Crippen LogP contribution < -0.4 is 10.6 Å². The number of aryl methyl sites for hydroxylation is 1. The molecule has 0 unspecified atom stereocenters. The summed E-state index contributed by atoms with van der Waals surface area (Å²) in [5.41, 5.74) is 1.92. The van der Waals surface area contributed by atoms with Gasteiger partial charge in [0.25, 0.3) is 5.91 Å². The maximum absolute atomic E-state index is 12.0. The Kier molecular flexibility index (Phi) is 6.98. The van der Waals surface area contributed by atoms with Crippen molar-refractivity contribution >= 4 is 17.9 Å². The minimum atomic E-state index is -1.02. The van der Waals surface area contributed by atoms with Crippen molar-refractivity contribution < 1.29 is 19.1 Å². The molecule has 25 heavy (non-hydrogen) atoms. The van der Waals surface area contributed by atoms with E-state index in [1.807, 2.05) is 31.2 Å². The number of benzene rings is 1. The van der Waals surface area contributed by atoms with E-state index in [0.717, 1.165) is 36.8 Å². The number of hydrogen-bond acceptors (Lipinski definition) is 4. The smallest absolute Gasteiger partial charge is 0.321 e. The van der Waals surface area contributed by atoms with Crippen LogP contribution in [0, 0.1) is 6.92 Å². The first-order chi connectivity index (χ1) is 11.9. The first-order valence-electron chi connectivity index (χ1n) is 8.80. The topological polar surface area (TPSA) is 84.5 Å². The number of nitrogens with one attached hydrogen (secondary N) is 2. The highest BCUT2D eigenvalue weighted by Gasteiger charge is 2.22. The molecular weight excluding hydrogens is 320 g/mol. The number of amides is 3. The molecule has 0 saturated heterocycles. The second kappa shape index (κ2) is 9.20. The summed E-state index contributed by atoms with van der Waals surface area (Å²) < 4.78 is 5.11. The normalized spacial score (nSPS) is 15.9. The van der Waals surface area contributed by atoms with Crippen molar-refractivity contribution in [2.75, 3.05) is 0 Å². The van der Waals surface area contributed by atoms with Gasteiger partial charge in [-0.3, -0.25) is 14.9 Å². The van der Waals surface area contributed by atoms with Gasteiger partial charge in [-0.05, 0) is 32.3 Å². The van der Waals surface area contributed by atoms with Crippen LogP contribution in [0.25, 0.3) is 0 Å². The van der Waals surface area contributed by atoms with E-state index in [-0.39, 0.29) is 12.5 Å². The lowest BCUT2D eigenvalue weighted by Gasteiger charge is -2.23. The van der Waals surface area contributed by atoms with Gasteiger partial charge in [-0.2, -0.15) is 0 Å². The largest absolute Gasteiger partial charge is 0.452 e. The average Bonchev–Trinajstić information content (AvgIpc) is 2.57. The second-order valence-electron chi connectivity index (χ2n) is 6.59. The van der Waals surface area contributed by atoms with Crippen LogP contribution in [0.4, 0.5) is 4.79 Å². The molecule has 1 aliphatic rings. The average molecular weight is 346 g/mol. The predicted octanol–water partition coefficient (Wildman–Crippen LogP) is 2.63. The van der Waals surface area contributed by atoms with E-state index in [0.29, 0.717) is 0 Å². The third kappa shape index (κ3) is 6.57. The second-order valence-corrected chi connectivity index (χ2v) is 6.59. The lowest BCUT2D eigenvalue weighted by Crippen LogP contribution is -2.48. The number of ether oxygens (including phenoxy) is 1. The zero-order valence-electron chi connectivity index (χ0n) is 14.8. The number of rotatable bonds is 5. The molecule has 1 aromatic carbocycles. The summed E-state index contributed by atoms with van der Waals surface area (Å²) in [7, 11) is 0. The van der Waals surface area contributed by atoms with Crippen molar-refractivity contribution in [2.45, 2.75) is 64.5 Å². The summed E-state index contributed by atoms with van der Waals surface area (Å²) in [5.74, 6) is -1.12. The van der Waals surface area contributed by atoms with E-state index < -0.39 is 24.0 Å². The fourth-order valence-corrected chi connectivity index (χ4v) is 2.85. The zero-order valence-corrected chi connectivity index (χ0v) is 14.8. The quantitative estimate of drug-likeness (QED) is 0.803. The predicted molar refractivity (Wildman–Crippen MR) is 94.0 cm³/mol. The van der Waals surface area contributed by atoms with Gasteiger partial charge in [-0.15, -0.1) is 0 Å². The van der Waals surface area contributed by atoms with Gasteiger partial charge in [-0.1, -0.05) is 49.1 Å². The van der Waals surface area contributed by atoms with Crippen LogP contribution in [0.3, 0.4) is 0 Å². The van der Waals surface area contributed by atoms with Crippen LogP contribution in [-0.2, 0) is 20.7 Å². The van der Waals surface area contributed by atoms with Crippen LogP contribution >= 0.6 is 0 Å². The van der Waals surface area contributed by atoms with Gasteiger partial charge in [-0.25, -0.2) is 4.79 Å². The number of esters is 1. The molecule has 136 valence electrons. The monoisotopic (exact) mass is 346 g/mol. The summed E-state index contributed by atoms with van der Waals surface area (Å²) >= 11 is 0. The molecule has 0 bridgehead atoms. The van der Waals surface area contributed by atoms with E-state index in [1.165, 1.54) is 13.3 Å². The lowest BCUT2D eigenvalue weighted by molar-refractivity contribution is -0.153. The molecule has 6 heteroatoms. The van der Waals surface area contributed by atoms with Gasteiger partial charge in [0.05, 0.1) is 6.42 Å². The fraction of sp³-hybridized carbons (Fsp3) is 0.526. The number of carbonyl (C=O) groups is 3. The van der Waals surface area contributed by atoms with Gasteiger partial charge in [0.1, 0.15) is 0 Å². The van der Waals surface area contributed by atoms with Crippen LogP contribution in [0.5, 0.6) is 0 Å². The number of imide groups is 1. The van der Waals surface area contributed by atoms with Gasteiger partial charge < -0.3 is 10.1 Å². The SMILES string of the molecule is Cc1ccc(CC(=O)O[C@H](C)C(=O)NC(=O)NC2CCCCC2)cc1. The molecule has 2 rings (SSSR count). The minimum Gasteiger partial charge on any atom is -0.452 e. The summed E-state index contributed by atoms with van der Waals surface area (Å²) in [6.45, 7) is 3.42. The molecule has 3 amide bonds. The van der Waals surface area contributed by atoms with Crippen molar-refractivity contribution in [3.63, 3.8) is 0 Å². The third-order valence-electron chi connectivity index (χ3n) is 4.32. The molecule has 2 N–H and O–H groups in total. The van der Waals surface area contributed by atoms with E-state index in [9.17, 15) is 14.4 Å². The zero-order chi connectivity index (χ0) is 18.2. The Labute approximate surface area is 148 Å². The van der Waals surface area contributed by atoms with Crippen LogP contribution in [-0.4, -0.2) is 30.1 Å². The molecule has 0 aromatic heterocycles. The van der Waals surface area contributed by atoms with Crippen LogP contribution in [0.1, 0.15) is 50.2 Å². The molecule has 0 aliphatic heterocycles. The number of urea groups is 1. The molecule has 1 fully saturated rings. The van der Waals surface area contributed by atoms with Crippen molar-refractivity contribution in [1.82, 2.24) is 10.6 Å². The third-order valence-corrected chi connectivity index (χ3v) is 4.32. The summed E-state index contributed by atoms with van der Waals surface area (Å²) in [6, 6.07) is 7.10. The first-order valence-corrected chi connectivity index (χ1v) is 8.80. The highest BCUT2D eigenvalue weighted by Crippen LogP contribution is 2.17. The molecule has 1 aromatic rings. The maximum Gasteiger partial charge on any atom is 0.321 e. The van der Waals surface area contributed by atoms with Crippen LogP contribution in [0.2, 0.25) is 0 Å². The molecule has 0 radical (unpaired) electrons. The van der Waals surface area contributed by atoms with Crippen molar-refractivity contribution in [3.8, 4) is 0 Å². The Morgan fingerprint density at radius 3 is 2.40 bits per heavy atom. The van der Waals surface area contributed by atoms with E-state index in [2.05, 4.69) is 10.6 Å². The molecule has 6 nitrogen and oxygen atoms in total.